The first-order valence-electron chi connectivity index (χ1n) is 6.96. The summed E-state index contributed by atoms with van der Waals surface area (Å²) in [5, 5.41) is 5.57. The Balaban J connectivity index is 1.91. The number of amides is 1. The molecular formula is C16H18N4O2. The van der Waals surface area contributed by atoms with Crippen molar-refractivity contribution in [3.8, 4) is 5.75 Å². The smallest absolute Gasteiger partial charge is 0.277 e. The van der Waals surface area contributed by atoms with E-state index in [0.29, 0.717) is 17.3 Å². The fourth-order valence-corrected chi connectivity index (χ4v) is 2.41. The number of benzene rings is 1. The molecule has 0 bridgehead atoms. The molecule has 0 fully saturated rings. The highest BCUT2D eigenvalue weighted by atomic mass is 16.5. The van der Waals surface area contributed by atoms with Gasteiger partial charge < -0.3 is 14.5 Å². The summed E-state index contributed by atoms with van der Waals surface area (Å²) < 4.78 is 5.80. The van der Waals surface area contributed by atoms with Crippen molar-refractivity contribution in [2.24, 2.45) is 5.10 Å². The molecule has 22 heavy (non-hydrogen) atoms. The third-order valence-corrected chi connectivity index (χ3v) is 3.60. The number of carbonyl (C=O) groups excluding carboxylic acids is 1. The van der Waals surface area contributed by atoms with Crippen molar-refractivity contribution in [3.05, 3.63) is 47.9 Å². The van der Waals surface area contributed by atoms with Crippen molar-refractivity contribution in [3.63, 3.8) is 0 Å². The number of rotatable bonds is 1. The molecule has 0 aliphatic carbocycles. The molecule has 0 saturated carbocycles. The Morgan fingerprint density at radius 1 is 1.18 bits per heavy atom. The number of likely N-dealkylation sites (N-methyl/N-ethyl adjacent to an activating group) is 2. The van der Waals surface area contributed by atoms with Crippen LogP contribution in [0.3, 0.4) is 0 Å². The van der Waals surface area contributed by atoms with Gasteiger partial charge in [0.15, 0.2) is 17.5 Å². The van der Waals surface area contributed by atoms with E-state index < -0.39 is 0 Å². The summed E-state index contributed by atoms with van der Waals surface area (Å²) in [5.41, 5.74) is 1.55. The zero-order valence-corrected chi connectivity index (χ0v) is 13.1. The lowest BCUT2D eigenvalue weighted by Gasteiger charge is -2.12. The predicted octanol–water partition coefficient (Wildman–Crippen LogP) is 1.63. The zero-order chi connectivity index (χ0) is 15.9. The van der Waals surface area contributed by atoms with E-state index in [4.69, 9.17) is 4.74 Å². The Kier molecular flexibility index (Phi) is 3.36. The van der Waals surface area contributed by atoms with E-state index in [-0.39, 0.29) is 5.91 Å². The highest BCUT2D eigenvalue weighted by Gasteiger charge is 2.29. The van der Waals surface area contributed by atoms with E-state index in [1.807, 2.05) is 55.2 Å². The second kappa shape index (κ2) is 5.22. The molecule has 1 amide bonds. The monoisotopic (exact) mass is 298 g/mol. The van der Waals surface area contributed by atoms with Crippen molar-refractivity contribution < 1.29 is 9.53 Å². The first-order valence-corrected chi connectivity index (χ1v) is 6.96. The van der Waals surface area contributed by atoms with Gasteiger partial charge in [0.25, 0.3) is 5.91 Å². The van der Waals surface area contributed by atoms with Crippen LogP contribution in [0, 0.1) is 0 Å². The summed E-state index contributed by atoms with van der Waals surface area (Å²) in [4.78, 5) is 15.9. The molecule has 114 valence electrons. The van der Waals surface area contributed by atoms with Crippen LogP contribution in [0.25, 0.3) is 0 Å². The minimum Gasteiger partial charge on any atom is -0.439 e. The van der Waals surface area contributed by atoms with Crippen molar-refractivity contribution in [1.82, 2.24) is 9.91 Å². The van der Waals surface area contributed by atoms with E-state index in [9.17, 15) is 4.79 Å². The molecule has 0 aromatic heterocycles. The molecule has 1 aromatic carbocycles. The summed E-state index contributed by atoms with van der Waals surface area (Å²) in [6.45, 7) is 0. The van der Waals surface area contributed by atoms with Gasteiger partial charge in [-0.2, -0.15) is 5.10 Å². The minimum absolute atomic E-state index is 0.126. The Morgan fingerprint density at radius 3 is 2.59 bits per heavy atom. The lowest BCUT2D eigenvalue weighted by molar-refractivity contribution is -0.124. The topological polar surface area (TPSA) is 48.4 Å². The molecule has 2 aliphatic heterocycles. The van der Waals surface area contributed by atoms with Gasteiger partial charge in [-0.1, -0.05) is 12.1 Å². The average Bonchev–Trinajstić information content (AvgIpc) is 2.96. The molecule has 0 spiro atoms. The zero-order valence-electron chi connectivity index (χ0n) is 13.1. The number of hydrogen-bond acceptors (Lipinski definition) is 5. The lowest BCUT2D eigenvalue weighted by atomic mass is 10.2. The number of ether oxygens (including phenoxy) is 1. The van der Waals surface area contributed by atoms with Gasteiger partial charge in [0.2, 0.25) is 0 Å². The first kappa shape index (κ1) is 14.2. The SMILES string of the molecule is CN(C)C1=NN(C)C(=O)/C1=C/C=C1/Oc2ccccc2N1C. The van der Waals surface area contributed by atoms with Crippen molar-refractivity contribution in [1.29, 1.82) is 0 Å². The molecule has 0 unspecified atom stereocenters. The third kappa shape index (κ3) is 2.22. The Hall–Kier alpha value is -2.76. The fraction of sp³-hybridized carbons (Fsp3) is 0.250. The number of hydrogen-bond donors (Lipinski definition) is 0. The van der Waals surface area contributed by atoms with E-state index in [0.717, 1.165) is 11.4 Å². The normalized spacial score (nSPS) is 20.5. The summed E-state index contributed by atoms with van der Waals surface area (Å²) in [5.74, 6) is 2.00. The second-order valence-electron chi connectivity index (χ2n) is 5.36. The number of carbonyl (C=O) groups is 1. The van der Waals surface area contributed by atoms with Gasteiger partial charge in [-0.25, -0.2) is 5.01 Å². The van der Waals surface area contributed by atoms with Gasteiger partial charge in [0.1, 0.15) is 0 Å². The van der Waals surface area contributed by atoms with Gasteiger partial charge in [-0.3, -0.25) is 4.79 Å². The highest BCUT2D eigenvalue weighted by Crippen LogP contribution is 2.37. The van der Waals surface area contributed by atoms with E-state index in [1.165, 1.54) is 5.01 Å². The van der Waals surface area contributed by atoms with Crippen LogP contribution in [0.5, 0.6) is 5.75 Å². The molecule has 6 nitrogen and oxygen atoms in total. The number of allylic oxidation sites excluding steroid dienone is 2. The molecule has 0 saturated heterocycles. The Labute approximate surface area is 129 Å². The van der Waals surface area contributed by atoms with Gasteiger partial charge in [-0.05, 0) is 24.3 Å². The van der Waals surface area contributed by atoms with Crippen LogP contribution in [0.15, 0.2) is 53.0 Å². The molecule has 0 radical (unpaired) electrons. The Morgan fingerprint density at radius 2 is 1.91 bits per heavy atom. The maximum absolute atomic E-state index is 12.2. The second-order valence-corrected chi connectivity index (χ2v) is 5.36. The molecular weight excluding hydrogens is 280 g/mol. The summed E-state index contributed by atoms with van der Waals surface area (Å²) >= 11 is 0. The van der Waals surface area contributed by atoms with Crippen molar-refractivity contribution in [2.75, 3.05) is 33.1 Å². The van der Waals surface area contributed by atoms with Gasteiger partial charge in [0, 0.05) is 28.2 Å². The van der Waals surface area contributed by atoms with Crippen LogP contribution < -0.4 is 9.64 Å². The number of fused-ring (bicyclic) bond motifs is 1. The van der Waals surface area contributed by atoms with Crippen molar-refractivity contribution in [2.45, 2.75) is 0 Å². The van der Waals surface area contributed by atoms with E-state index >= 15 is 0 Å². The molecule has 2 heterocycles. The summed E-state index contributed by atoms with van der Waals surface area (Å²) in [7, 11) is 7.30. The Bertz CT molecular complexity index is 719. The molecule has 3 rings (SSSR count). The van der Waals surface area contributed by atoms with Crippen LogP contribution in [0.4, 0.5) is 5.69 Å². The standard InChI is InChI=1S/C16H18N4O2/c1-18(2)15-11(16(21)20(4)17-15)9-10-14-19(3)12-7-5-6-8-13(12)22-14/h5-10H,1-4H3/b11-9+,14-10+. The molecule has 0 atom stereocenters. The predicted molar refractivity (Wildman–Crippen MR) is 85.5 cm³/mol. The molecule has 0 N–H and O–H groups in total. The van der Waals surface area contributed by atoms with Crippen LogP contribution in [-0.4, -0.2) is 49.8 Å². The quantitative estimate of drug-likeness (QED) is 0.739. The van der Waals surface area contributed by atoms with Crippen LogP contribution in [-0.2, 0) is 4.79 Å². The van der Waals surface area contributed by atoms with Gasteiger partial charge in [-0.15, -0.1) is 0 Å². The average molecular weight is 298 g/mol. The van der Waals surface area contributed by atoms with Crippen LogP contribution in [0.2, 0.25) is 0 Å². The maximum atomic E-state index is 12.2. The van der Waals surface area contributed by atoms with Gasteiger partial charge >= 0.3 is 0 Å². The van der Waals surface area contributed by atoms with Gasteiger partial charge in [0.05, 0.1) is 11.3 Å². The highest BCUT2D eigenvalue weighted by molar-refractivity contribution is 6.23. The van der Waals surface area contributed by atoms with Crippen LogP contribution in [0.1, 0.15) is 0 Å². The minimum atomic E-state index is -0.126. The third-order valence-electron chi connectivity index (χ3n) is 3.60. The summed E-state index contributed by atoms with van der Waals surface area (Å²) in [6.07, 6.45) is 3.55. The molecule has 6 heteroatoms. The number of para-hydroxylation sites is 2. The number of nitrogens with zero attached hydrogens (tertiary/aromatic N) is 4. The maximum Gasteiger partial charge on any atom is 0.277 e. The largest absolute Gasteiger partial charge is 0.439 e. The van der Waals surface area contributed by atoms with E-state index in [2.05, 4.69) is 5.10 Å². The molecule has 2 aliphatic rings. The van der Waals surface area contributed by atoms with Crippen molar-refractivity contribution >= 4 is 17.4 Å². The lowest BCUT2D eigenvalue weighted by Crippen LogP contribution is -2.24. The fourth-order valence-electron chi connectivity index (χ4n) is 2.41. The number of hydrazone groups is 1. The molecule has 1 aromatic rings. The van der Waals surface area contributed by atoms with E-state index in [1.54, 1.807) is 19.2 Å². The van der Waals surface area contributed by atoms with Crippen LogP contribution >= 0.6 is 0 Å². The number of anilines is 1. The number of amidine groups is 1. The first-order chi connectivity index (χ1) is 10.5. The summed E-state index contributed by atoms with van der Waals surface area (Å²) in [6, 6.07) is 7.80.